The van der Waals surface area contributed by atoms with Crippen LogP contribution in [0, 0.1) is 0 Å². The molecule has 28 heavy (non-hydrogen) atoms. The Morgan fingerprint density at radius 1 is 0.893 bits per heavy atom. The van der Waals surface area contributed by atoms with Crippen molar-refractivity contribution in [3.8, 4) is 0 Å². The van der Waals surface area contributed by atoms with Crippen LogP contribution in [0.5, 0.6) is 0 Å². The zero-order chi connectivity index (χ0) is 20.9. The lowest BCUT2D eigenvalue weighted by molar-refractivity contribution is -0.137. The monoisotopic (exact) mass is 394 g/mol. The predicted octanol–water partition coefficient (Wildman–Crippen LogP) is 3.85. The summed E-state index contributed by atoms with van der Waals surface area (Å²) in [6, 6.07) is 9.75. The van der Waals surface area contributed by atoms with E-state index in [-0.39, 0.29) is 17.2 Å². The van der Waals surface area contributed by atoms with E-state index >= 15 is 0 Å². The molecule has 0 aliphatic heterocycles. The molecule has 0 bridgehead atoms. The fourth-order valence-corrected chi connectivity index (χ4v) is 2.16. The highest BCUT2D eigenvalue weighted by atomic mass is 19.4. The van der Waals surface area contributed by atoms with E-state index in [4.69, 9.17) is 4.74 Å². The number of rotatable bonds is 5. The molecule has 2 aromatic rings. The predicted molar refractivity (Wildman–Crippen MR) is 95.7 cm³/mol. The Bertz CT molecular complexity index is 862. The van der Waals surface area contributed by atoms with Crippen LogP contribution < -0.4 is 10.6 Å². The average Bonchev–Trinajstić information content (AvgIpc) is 2.61. The molecule has 0 fully saturated rings. The summed E-state index contributed by atoms with van der Waals surface area (Å²) in [5.41, 5.74) is -0.0336. The highest BCUT2D eigenvalue weighted by molar-refractivity contribution is 5.97. The minimum Gasteiger partial charge on any atom is -0.449 e. The number of nitrogens with one attached hydrogen (secondary N) is 2. The molecule has 0 aliphatic carbocycles. The lowest BCUT2D eigenvalue weighted by atomic mass is 10.2. The number of hydrogen-bond acceptors (Lipinski definition) is 4. The molecule has 2 rings (SSSR count). The van der Waals surface area contributed by atoms with Gasteiger partial charge in [-0.3, -0.25) is 9.59 Å². The highest BCUT2D eigenvalue weighted by Gasteiger charge is 2.30. The summed E-state index contributed by atoms with van der Waals surface area (Å²) in [6.45, 7) is 2.68. The standard InChI is InChI=1S/C19H17F3N2O4/c1-11(17(26)24-16-9-5-14(6-10-16)19(20,21)22)28-18(27)13-3-7-15(8-4-13)23-12(2)25/h3-11H,1-2H3,(H,23,25)(H,24,26). The summed E-state index contributed by atoms with van der Waals surface area (Å²) < 4.78 is 42.7. The van der Waals surface area contributed by atoms with E-state index in [1.165, 1.54) is 38.1 Å². The van der Waals surface area contributed by atoms with Gasteiger partial charge in [-0.25, -0.2) is 4.79 Å². The van der Waals surface area contributed by atoms with Gasteiger partial charge in [-0.1, -0.05) is 0 Å². The molecule has 6 nitrogen and oxygen atoms in total. The molecule has 0 radical (unpaired) electrons. The van der Waals surface area contributed by atoms with Crippen molar-refractivity contribution < 1.29 is 32.3 Å². The van der Waals surface area contributed by atoms with Gasteiger partial charge in [-0.05, 0) is 55.5 Å². The Morgan fingerprint density at radius 3 is 1.89 bits per heavy atom. The zero-order valence-corrected chi connectivity index (χ0v) is 15.0. The second-order valence-corrected chi connectivity index (χ2v) is 5.87. The molecular weight excluding hydrogens is 377 g/mol. The van der Waals surface area contributed by atoms with Crippen LogP contribution in [0.25, 0.3) is 0 Å². The molecule has 0 heterocycles. The summed E-state index contributed by atoms with van der Waals surface area (Å²) in [4.78, 5) is 35.1. The summed E-state index contributed by atoms with van der Waals surface area (Å²) in [7, 11) is 0. The third kappa shape index (κ3) is 5.83. The number of benzene rings is 2. The molecule has 1 unspecified atom stereocenters. The summed E-state index contributed by atoms with van der Waals surface area (Å²) in [5, 5.41) is 4.92. The Labute approximate surface area is 158 Å². The first-order valence-electron chi connectivity index (χ1n) is 8.13. The second kappa shape index (κ2) is 8.55. The van der Waals surface area contributed by atoms with Gasteiger partial charge in [0.15, 0.2) is 6.10 Å². The molecule has 1 atom stereocenters. The van der Waals surface area contributed by atoms with Gasteiger partial charge in [0.25, 0.3) is 5.91 Å². The largest absolute Gasteiger partial charge is 0.449 e. The van der Waals surface area contributed by atoms with Crippen LogP contribution in [0.15, 0.2) is 48.5 Å². The van der Waals surface area contributed by atoms with Crippen molar-refractivity contribution in [2.45, 2.75) is 26.1 Å². The quantitative estimate of drug-likeness (QED) is 0.755. The zero-order valence-electron chi connectivity index (χ0n) is 15.0. The lowest BCUT2D eigenvalue weighted by Gasteiger charge is -2.14. The van der Waals surface area contributed by atoms with E-state index in [2.05, 4.69) is 10.6 Å². The minimum atomic E-state index is -4.47. The third-order valence-corrected chi connectivity index (χ3v) is 3.57. The summed E-state index contributed by atoms with van der Waals surface area (Å²) in [5.74, 6) is -1.71. The van der Waals surface area contributed by atoms with E-state index < -0.39 is 29.7 Å². The minimum absolute atomic E-state index is 0.139. The van der Waals surface area contributed by atoms with Crippen molar-refractivity contribution >= 4 is 29.2 Å². The number of alkyl halides is 3. The summed E-state index contributed by atoms with van der Waals surface area (Å²) in [6.07, 6.45) is -5.65. The number of carbonyl (C=O) groups excluding carboxylic acids is 3. The van der Waals surface area contributed by atoms with Gasteiger partial charge >= 0.3 is 12.1 Å². The van der Waals surface area contributed by atoms with E-state index in [9.17, 15) is 27.6 Å². The molecule has 0 aromatic heterocycles. The molecule has 0 saturated heterocycles. The molecule has 2 aromatic carbocycles. The lowest BCUT2D eigenvalue weighted by Crippen LogP contribution is -2.30. The first-order chi connectivity index (χ1) is 13.1. The molecule has 2 N–H and O–H groups in total. The Hall–Kier alpha value is -3.36. The maximum atomic E-state index is 12.5. The molecule has 0 saturated carbocycles. The number of anilines is 2. The van der Waals surface area contributed by atoms with Crippen LogP contribution in [0.1, 0.15) is 29.8 Å². The van der Waals surface area contributed by atoms with E-state index in [1.54, 1.807) is 0 Å². The van der Waals surface area contributed by atoms with E-state index in [0.29, 0.717) is 5.69 Å². The third-order valence-electron chi connectivity index (χ3n) is 3.57. The number of hydrogen-bond donors (Lipinski definition) is 2. The van der Waals surface area contributed by atoms with Crippen LogP contribution in [-0.2, 0) is 20.5 Å². The molecular formula is C19H17F3N2O4. The SMILES string of the molecule is CC(=O)Nc1ccc(C(=O)OC(C)C(=O)Nc2ccc(C(F)(F)F)cc2)cc1. The first-order valence-corrected chi connectivity index (χ1v) is 8.13. The van der Waals surface area contributed by atoms with Crippen molar-refractivity contribution in [2.75, 3.05) is 10.6 Å². The van der Waals surface area contributed by atoms with Crippen molar-refractivity contribution in [3.05, 3.63) is 59.7 Å². The Balaban J connectivity index is 1.94. The van der Waals surface area contributed by atoms with Crippen LogP contribution in [0.3, 0.4) is 0 Å². The molecule has 9 heteroatoms. The number of esters is 1. The molecule has 0 spiro atoms. The van der Waals surface area contributed by atoms with Crippen molar-refractivity contribution in [2.24, 2.45) is 0 Å². The van der Waals surface area contributed by atoms with E-state index in [0.717, 1.165) is 24.3 Å². The highest BCUT2D eigenvalue weighted by Crippen LogP contribution is 2.29. The number of carbonyl (C=O) groups is 3. The second-order valence-electron chi connectivity index (χ2n) is 5.87. The molecule has 148 valence electrons. The van der Waals surface area contributed by atoms with Crippen LogP contribution >= 0.6 is 0 Å². The normalized spacial score (nSPS) is 12.0. The number of halogens is 3. The Morgan fingerprint density at radius 2 is 1.39 bits per heavy atom. The van der Waals surface area contributed by atoms with E-state index in [1.807, 2.05) is 0 Å². The van der Waals surface area contributed by atoms with Gasteiger partial charge in [0.05, 0.1) is 11.1 Å². The van der Waals surface area contributed by atoms with Crippen molar-refractivity contribution in [1.29, 1.82) is 0 Å². The van der Waals surface area contributed by atoms with Gasteiger partial charge in [0.2, 0.25) is 5.91 Å². The maximum absolute atomic E-state index is 12.5. The van der Waals surface area contributed by atoms with Gasteiger partial charge in [0.1, 0.15) is 0 Å². The van der Waals surface area contributed by atoms with Gasteiger partial charge < -0.3 is 15.4 Å². The van der Waals surface area contributed by atoms with Crippen LogP contribution in [-0.4, -0.2) is 23.9 Å². The van der Waals surface area contributed by atoms with Gasteiger partial charge in [-0.15, -0.1) is 0 Å². The van der Waals surface area contributed by atoms with Crippen LogP contribution in [0.2, 0.25) is 0 Å². The maximum Gasteiger partial charge on any atom is 0.416 e. The topological polar surface area (TPSA) is 84.5 Å². The van der Waals surface area contributed by atoms with Gasteiger partial charge in [0, 0.05) is 18.3 Å². The van der Waals surface area contributed by atoms with Crippen molar-refractivity contribution in [3.63, 3.8) is 0 Å². The number of amides is 2. The van der Waals surface area contributed by atoms with Gasteiger partial charge in [-0.2, -0.15) is 13.2 Å². The average molecular weight is 394 g/mol. The molecule has 0 aliphatic rings. The Kier molecular flexibility index (Phi) is 6.40. The van der Waals surface area contributed by atoms with Crippen molar-refractivity contribution in [1.82, 2.24) is 0 Å². The fourth-order valence-electron chi connectivity index (χ4n) is 2.16. The van der Waals surface area contributed by atoms with Crippen LogP contribution in [0.4, 0.5) is 24.5 Å². The smallest absolute Gasteiger partial charge is 0.416 e. The first kappa shape index (κ1) is 20.9. The number of ether oxygens (including phenoxy) is 1. The molecule has 2 amide bonds. The fraction of sp³-hybridized carbons (Fsp3) is 0.211. The summed E-state index contributed by atoms with van der Waals surface area (Å²) >= 11 is 0.